The molecule has 0 bridgehead atoms. The van der Waals surface area contributed by atoms with E-state index in [1.54, 1.807) is 7.11 Å². The number of nitrogens with zero attached hydrogens (tertiary/aromatic N) is 1. The summed E-state index contributed by atoms with van der Waals surface area (Å²) in [7, 11) is 1.69. The van der Waals surface area contributed by atoms with Crippen LogP contribution in [0.1, 0.15) is 26.7 Å². The number of carbonyl (C=O) groups excluding carboxylic acids is 1. The molecule has 2 N–H and O–H groups in total. The summed E-state index contributed by atoms with van der Waals surface area (Å²) >= 11 is 0. The van der Waals surface area contributed by atoms with Crippen molar-refractivity contribution >= 4 is 5.91 Å². The first-order valence-electron chi connectivity index (χ1n) is 5.02. The number of methoxy groups -OCH3 is 1. The molecule has 0 aromatic heterocycles. The molecular formula is C10H20N2O2. The van der Waals surface area contributed by atoms with E-state index >= 15 is 0 Å². The lowest BCUT2D eigenvalue weighted by Gasteiger charge is -2.22. The number of likely N-dealkylation sites (tertiary alicyclic amines) is 1. The van der Waals surface area contributed by atoms with Gasteiger partial charge >= 0.3 is 0 Å². The minimum Gasteiger partial charge on any atom is -0.380 e. The molecule has 4 heteroatoms. The zero-order valence-corrected chi connectivity index (χ0v) is 9.25. The Kier molecular flexibility index (Phi) is 3.50. The van der Waals surface area contributed by atoms with E-state index < -0.39 is 5.54 Å². The monoisotopic (exact) mass is 200 g/mol. The van der Waals surface area contributed by atoms with E-state index in [4.69, 9.17) is 10.5 Å². The van der Waals surface area contributed by atoms with Crippen LogP contribution in [0.25, 0.3) is 0 Å². The number of ether oxygens (including phenoxy) is 1. The number of nitrogens with two attached hydrogens (primary N) is 1. The molecule has 0 aliphatic carbocycles. The van der Waals surface area contributed by atoms with Crippen LogP contribution < -0.4 is 5.73 Å². The lowest BCUT2D eigenvalue weighted by atomic mass is 10.0. The van der Waals surface area contributed by atoms with Gasteiger partial charge in [0.25, 0.3) is 0 Å². The minimum absolute atomic E-state index is 0.136. The van der Waals surface area contributed by atoms with Crippen molar-refractivity contribution < 1.29 is 9.53 Å². The van der Waals surface area contributed by atoms with Crippen LogP contribution in [-0.2, 0) is 9.53 Å². The van der Waals surface area contributed by atoms with E-state index in [0.717, 1.165) is 13.0 Å². The van der Waals surface area contributed by atoms with Crippen molar-refractivity contribution in [3.63, 3.8) is 0 Å². The summed E-state index contributed by atoms with van der Waals surface area (Å²) in [5.74, 6) is 0.136. The Morgan fingerprint density at radius 2 is 2.29 bits per heavy atom. The van der Waals surface area contributed by atoms with Gasteiger partial charge in [0.15, 0.2) is 0 Å². The van der Waals surface area contributed by atoms with Crippen LogP contribution >= 0.6 is 0 Å². The van der Waals surface area contributed by atoms with E-state index in [1.807, 2.05) is 18.7 Å². The Bertz CT molecular complexity index is 211. The second-order valence-electron chi connectivity index (χ2n) is 4.65. The molecule has 1 aliphatic heterocycles. The number of amides is 1. The van der Waals surface area contributed by atoms with Crippen molar-refractivity contribution in [2.75, 3.05) is 20.2 Å². The van der Waals surface area contributed by atoms with Crippen molar-refractivity contribution in [1.82, 2.24) is 4.90 Å². The van der Waals surface area contributed by atoms with Crippen LogP contribution in [0, 0.1) is 0 Å². The van der Waals surface area contributed by atoms with Crippen molar-refractivity contribution in [3.05, 3.63) is 0 Å². The SMILES string of the molecule is COC1CCN(C(=O)CC(C)(C)N)C1. The third-order valence-corrected chi connectivity index (χ3v) is 2.44. The van der Waals surface area contributed by atoms with Crippen LogP contribution in [0.15, 0.2) is 0 Å². The van der Waals surface area contributed by atoms with Gasteiger partial charge in [0, 0.05) is 32.2 Å². The summed E-state index contributed by atoms with van der Waals surface area (Å²) in [5, 5.41) is 0. The first kappa shape index (κ1) is 11.5. The van der Waals surface area contributed by atoms with Crippen LogP contribution in [0.2, 0.25) is 0 Å². The van der Waals surface area contributed by atoms with Crippen molar-refractivity contribution in [3.8, 4) is 0 Å². The summed E-state index contributed by atoms with van der Waals surface area (Å²) in [6.45, 7) is 5.25. The molecule has 1 rings (SSSR count). The Hall–Kier alpha value is -0.610. The van der Waals surface area contributed by atoms with Gasteiger partial charge in [-0.2, -0.15) is 0 Å². The Morgan fingerprint density at radius 1 is 1.64 bits per heavy atom. The Balaban J connectivity index is 2.40. The van der Waals surface area contributed by atoms with Gasteiger partial charge in [-0.05, 0) is 20.3 Å². The zero-order chi connectivity index (χ0) is 10.8. The molecule has 0 saturated carbocycles. The number of hydrogen-bond acceptors (Lipinski definition) is 3. The molecule has 0 aromatic rings. The second-order valence-corrected chi connectivity index (χ2v) is 4.65. The molecule has 4 nitrogen and oxygen atoms in total. The predicted octanol–water partition coefficient (Wildman–Crippen LogP) is 0.361. The second kappa shape index (κ2) is 4.28. The van der Waals surface area contributed by atoms with Gasteiger partial charge in [0.1, 0.15) is 0 Å². The first-order valence-corrected chi connectivity index (χ1v) is 5.02. The highest BCUT2D eigenvalue weighted by atomic mass is 16.5. The molecule has 0 radical (unpaired) electrons. The van der Waals surface area contributed by atoms with Crippen LogP contribution in [0.4, 0.5) is 0 Å². The van der Waals surface area contributed by atoms with Crippen LogP contribution in [0.3, 0.4) is 0 Å². The highest BCUT2D eigenvalue weighted by Crippen LogP contribution is 2.15. The van der Waals surface area contributed by atoms with E-state index in [-0.39, 0.29) is 12.0 Å². The average molecular weight is 200 g/mol. The summed E-state index contributed by atoms with van der Waals surface area (Å²) in [5.41, 5.74) is 5.38. The maximum absolute atomic E-state index is 11.7. The lowest BCUT2D eigenvalue weighted by Crippen LogP contribution is -2.40. The maximum atomic E-state index is 11.7. The first-order chi connectivity index (χ1) is 6.42. The fraction of sp³-hybridized carbons (Fsp3) is 0.900. The standard InChI is InChI=1S/C10H20N2O2/c1-10(2,11)6-9(13)12-5-4-8(7-12)14-3/h8H,4-7,11H2,1-3H3. The van der Waals surface area contributed by atoms with Gasteiger partial charge in [0.05, 0.1) is 6.10 Å². The van der Waals surface area contributed by atoms with Gasteiger partial charge in [-0.3, -0.25) is 4.79 Å². The molecule has 1 aliphatic rings. The molecule has 1 saturated heterocycles. The summed E-state index contributed by atoms with van der Waals surface area (Å²) in [4.78, 5) is 13.5. The smallest absolute Gasteiger partial charge is 0.224 e. The predicted molar refractivity (Wildman–Crippen MR) is 54.9 cm³/mol. The summed E-state index contributed by atoms with van der Waals surface area (Å²) in [6.07, 6.45) is 1.55. The van der Waals surface area contributed by atoms with Crippen molar-refractivity contribution in [2.45, 2.75) is 38.3 Å². The molecule has 1 atom stereocenters. The van der Waals surface area contributed by atoms with Gasteiger partial charge in [-0.15, -0.1) is 0 Å². The van der Waals surface area contributed by atoms with E-state index in [9.17, 15) is 4.79 Å². The topological polar surface area (TPSA) is 55.6 Å². The van der Waals surface area contributed by atoms with E-state index in [2.05, 4.69) is 0 Å². The zero-order valence-electron chi connectivity index (χ0n) is 9.25. The van der Waals surface area contributed by atoms with Gasteiger partial charge < -0.3 is 15.4 Å². The van der Waals surface area contributed by atoms with Gasteiger partial charge in [0.2, 0.25) is 5.91 Å². The van der Waals surface area contributed by atoms with Crippen LogP contribution in [-0.4, -0.2) is 42.6 Å². The maximum Gasteiger partial charge on any atom is 0.224 e. The molecule has 1 fully saturated rings. The molecular weight excluding hydrogens is 180 g/mol. The minimum atomic E-state index is -0.414. The van der Waals surface area contributed by atoms with Gasteiger partial charge in [-0.25, -0.2) is 0 Å². The fourth-order valence-corrected chi connectivity index (χ4v) is 1.65. The molecule has 0 aromatic carbocycles. The quantitative estimate of drug-likeness (QED) is 0.715. The van der Waals surface area contributed by atoms with Crippen molar-refractivity contribution in [1.29, 1.82) is 0 Å². The van der Waals surface area contributed by atoms with Crippen LogP contribution in [0.5, 0.6) is 0 Å². The molecule has 14 heavy (non-hydrogen) atoms. The normalized spacial score (nSPS) is 22.9. The third kappa shape index (κ3) is 3.27. The highest BCUT2D eigenvalue weighted by Gasteiger charge is 2.28. The molecule has 1 unspecified atom stereocenters. The third-order valence-electron chi connectivity index (χ3n) is 2.44. The summed E-state index contributed by atoms with van der Waals surface area (Å²) in [6, 6.07) is 0. The van der Waals surface area contributed by atoms with Gasteiger partial charge in [-0.1, -0.05) is 0 Å². The van der Waals surface area contributed by atoms with E-state index in [0.29, 0.717) is 13.0 Å². The number of rotatable bonds is 3. The molecule has 1 amide bonds. The largest absolute Gasteiger partial charge is 0.380 e. The molecule has 0 spiro atoms. The fourth-order valence-electron chi connectivity index (χ4n) is 1.65. The molecule has 82 valence electrons. The number of carbonyl (C=O) groups is 1. The number of hydrogen-bond donors (Lipinski definition) is 1. The Labute approximate surface area is 85.4 Å². The van der Waals surface area contributed by atoms with Crippen molar-refractivity contribution in [2.24, 2.45) is 5.73 Å². The molecule has 1 heterocycles. The average Bonchev–Trinajstić information content (AvgIpc) is 2.48. The highest BCUT2D eigenvalue weighted by molar-refractivity contribution is 5.77. The lowest BCUT2D eigenvalue weighted by molar-refractivity contribution is -0.131. The van der Waals surface area contributed by atoms with E-state index in [1.165, 1.54) is 0 Å². The Morgan fingerprint density at radius 3 is 2.71 bits per heavy atom. The summed E-state index contributed by atoms with van der Waals surface area (Å²) < 4.78 is 5.20.